The molecule has 0 saturated heterocycles. The maximum atomic E-state index is 9.95. The van der Waals surface area contributed by atoms with Gasteiger partial charge in [-0.1, -0.05) is 193 Å². The fraction of sp³-hybridized carbons (Fsp3) is 0.134. The molecule has 71 heavy (non-hydrogen) atoms. The first-order valence-electron chi connectivity index (χ1n) is 24.9. The molecule has 12 aromatic rings. The van der Waals surface area contributed by atoms with Crippen LogP contribution in [0, 0.1) is 0 Å². The highest BCUT2D eigenvalue weighted by molar-refractivity contribution is 6.24. The van der Waals surface area contributed by atoms with Crippen molar-refractivity contribution in [1.29, 1.82) is 0 Å². The van der Waals surface area contributed by atoms with Crippen molar-refractivity contribution in [3.8, 4) is 39.9 Å². The van der Waals surface area contributed by atoms with Gasteiger partial charge in [0.15, 0.2) is 0 Å². The quantitative estimate of drug-likeness (QED) is 0.163. The lowest BCUT2D eigenvalue weighted by Gasteiger charge is -2.11. The summed E-state index contributed by atoms with van der Waals surface area (Å²) in [6.07, 6.45) is 1.06. The van der Waals surface area contributed by atoms with E-state index in [2.05, 4.69) is 154 Å². The van der Waals surface area contributed by atoms with Crippen LogP contribution in [-0.2, 0) is 6.42 Å². The summed E-state index contributed by atoms with van der Waals surface area (Å²) in [5.74, 6) is 5.00. The zero-order valence-electron chi connectivity index (χ0n) is 41.5. The SMILES string of the molecule is CC.CC(C)c1ccc(Oc2ccccc2)cc1.CC(C)c1ccc(Oc2ccccc2)cc1.Oc1ccc2ccc3cccc4ccc1c2c34.c1ccc2c(c1)Cc1cc3c(cc1-2)[nH]c1ccccc13. The predicted octanol–water partition coefficient (Wildman–Crippen LogP) is 19.4. The number of nitrogens with one attached hydrogen (secondary N) is 1. The summed E-state index contributed by atoms with van der Waals surface area (Å²) in [5.41, 5.74) is 10.8. The lowest BCUT2D eigenvalue weighted by molar-refractivity contribution is 0.481. The van der Waals surface area contributed by atoms with Gasteiger partial charge in [0.25, 0.3) is 0 Å². The lowest BCUT2D eigenvalue weighted by atomic mass is 9.94. The molecule has 1 aliphatic carbocycles. The second kappa shape index (κ2) is 22.0. The second-order valence-corrected chi connectivity index (χ2v) is 18.3. The summed E-state index contributed by atoms with van der Waals surface area (Å²) >= 11 is 0. The van der Waals surface area contributed by atoms with Gasteiger partial charge in [0, 0.05) is 32.6 Å². The fourth-order valence-electron chi connectivity index (χ4n) is 9.29. The van der Waals surface area contributed by atoms with Gasteiger partial charge in [-0.25, -0.2) is 0 Å². The van der Waals surface area contributed by atoms with E-state index in [9.17, 15) is 5.11 Å². The van der Waals surface area contributed by atoms with Crippen molar-refractivity contribution >= 4 is 54.1 Å². The Morgan fingerprint density at radius 1 is 0.380 bits per heavy atom. The predicted molar refractivity (Wildman–Crippen MR) is 301 cm³/mol. The molecule has 11 aromatic carbocycles. The molecular weight excluding hydrogens is 867 g/mol. The molecule has 2 N–H and O–H groups in total. The van der Waals surface area contributed by atoms with E-state index in [1.807, 2.05) is 111 Å². The third-order valence-electron chi connectivity index (χ3n) is 13.0. The summed E-state index contributed by atoms with van der Waals surface area (Å²) in [6, 6.07) is 76.5. The first-order chi connectivity index (χ1) is 34.8. The molecule has 4 nitrogen and oxygen atoms in total. The van der Waals surface area contributed by atoms with E-state index in [1.54, 1.807) is 6.07 Å². The van der Waals surface area contributed by atoms with Crippen LogP contribution in [-0.4, -0.2) is 10.1 Å². The third kappa shape index (κ3) is 10.8. The van der Waals surface area contributed by atoms with Crippen molar-refractivity contribution in [3.63, 3.8) is 0 Å². The molecule has 0 fully saturated rings. The molecule has 0 radical (unpaired) electrons. The van der Waals surface area contributed by atoms with Crippen LogP contribution in [0.2, 0.25) is 0 Å². The van der Waals surface area contributed by atoms with Crippen LogP contribution in [0.5, 0.6) is 28.7 Å². The fourth-order valence-corrected chi connectivity index (χ4v) is 9.29. The number of phenols is 1. The van der Waals surface area contributed by atoms with Crippen molar-refractivity contribution in [2.24, 2.45) is 0 Å². The van der Waals surface area contributed by atoms with Gasteiger partial charge in [0.1, 0.15) is 28.7 Å². The van der Waals surface area contributed by atoms with E-state index >= 15 is 0 Å². The van der Waals surface area contributed by atoms with Crippen LogP contribution in [0.4, 0.5) is 0 Å². The van der Waals surface area contributed by atoms with Gasteiger partial charge in [0.2, 0.25) is 0 Å². The Bertz CT molecular complexity index is 3530. The molecule has 0 spiro atoms. The van der Waals surface area contributed by atoms with Crippen molar-refractivity contribution in [3.05, 3.63) is 247 Å². The van der Waals surface area contributed by atoms with Gasteiger partial charge in [-0.15, -0.1) is 0 Å². The van der Waals surface area contributed by atoms with Gasteiger partial charge >= 0.3 is 0 Å². The van der Waals surface area contributed by atoms with Crippen LogP contribution < -0.4 is 9.47 Å². The highest BCUT2D eigenvalue weighted by Crippen LogP contribution is 2.41. The Kier molecular flexibility index (Phi) is 14.8. The number of rotatable bonds is 6. The summed E-state index contributed by atoms with van der Waals surface area (Å²) in [5, 5.41) is 19.6. The van der Waals surface area contributed by atoms with E-state index in [4.69, 9.17) is 9.47 Å². The summed E-state index contributed by atoms with van der Waals surface area (Å²) < 4.78 is 11.4. The van der Waals surface area contributed by atoms with Crippen molar-refractivity contribution in [1.82, 2.24) is 4.98 Å². The minimum atomic E-state index is 0.357. The van der Waals surface area contributed by atoms with Gasteiger partial charge in [0.05, 0.1) is 0 Å². The highest BCUT2D eigenvalue weighted by Gasteiger charge is 2.19. The van der Waals surface area contributed by atoms with Crippen LogP contribution in [0.15, 0.2) is 224 Å². The topological polar surface area (TPSA) is 54.5 Å². The molecule has 0 unspecified atom stereocenters. The average molecular weight is 928 g/mol. The highest BCUT2D eigenvalue weighted by atomic mass is 16.5. The minimum absolute atomic E-state index is 0.357. The van der Waals surface area contributed by atoms with Gasteiger partial charge < -0.3 is 19.6 Å². The summed E-state index contributed by atoms with van der Waals surface area (Å²) in [4.78, 5) is 3.54. The molecule has 0 aliphatic heterocycles. The molecule has 0 amide bonds. The minimum Gasteiger partial charge on any atom is -0.507 e. The number of para-hydroxylation sites is 3. The molecule has 0 atom stereocenters. The molecule has 4 heteroatoms. The first-order valence-corrected chi connectivity index (χ1v) is 24.9. The van der Waals surface area contributed by atoms with Gasteiger partial charge in [-0.3, -0.25) is 0 Å². The number of fused-ring (bicyclic) bond motifs is 6. The molecule has 0 saturated carbocycles. The van der Waals surface area contributed by atoms with Crippen LogP contribution >= 0.6 is 0 Å². The number of aromatic nitrogens is 1. The number of aromatic amines is 1. The Morgan fingerprint density at radius 2 is 0.873 bits per heavy atom. The standard InChI is InChI=1S/C19H13N.C16H10O.2C15H16O.C2H6/c1-2-6-14-12(5-1)9-13-10-17-15-7-3-4-8-18(15)20-19(17)11-16(13)14;17-14-9-7-12-5-4-10-2-1-3-11-6-8-13(14)16(12)15(10)11;2*1-12(2)13-8-10-15(11-9-13)16-14-6-4-3-5-7-14;1-2/h1-8,10-11,20H,9H2;1-9,17H;2*3-12H,1-2H3;1-2H3. The van der Waals surface area contributed by atoms with Gasteiger partial charge in [-0.2, -0.15) is 0 Å². The summed E-state index contributed by atoms with van der Waals surface area (Å²) in [6.45, 7) is 12.8. The summed E-state index contributed by atoms with van der Waals surface area (Å²) in [7, 11) is 0. The normalized spacial score (nSPS) is 11.2. The van der Waals surface area contributed by atoms with E-state index < -0.39 is 0 Å². The maximum absolute atomic E-state index is 9.95. The van der Waals surface area contributed by atoms with Gasteiger partial charge in [-0.05, 0) is 146 Å². The molecule has 13 rings (SSSR count). The molecular formula is C67H61NO3. The van der Waals surface area contributed by atoms with E-state index in [1.165, 1.54) is 82.1 Å². The average Bonchev–Trinajstić information content (AvgIpc) is 3.97. The Hall–Kier alpha value is -8.34. The largest absolute Gasteiger partial charge is 0.507 e. The molecule has 1 aliphatic rings. The zero-order chi connectivity index (χ0) is 49.3. The number of benzene rings is 11. The molecule has 0 bridgehead atoms. The van der Waals surface area contributed by atoms with Crippen molar-refractivity contribution < 1.29 is 14.6 Å². The smallest absolute Gasteiger partial charge is 0.127 e. The Morgan fingerprint density at radius 3 is 1.46 bits per heavy atom. The Balaban J connectivity index is 0.000000116. The number of aromatic hydroxyl groups is 1. The Labute approximate surface area is 418 Å². The molecule has 1 aromatic heterocycles. The number of hydrogen-bond donors (Lipinski definition) is 2. The second-order valence-electron chi connectivity index (χ2n) is 18.3. The van der Waals surface area contributed by atoms with Crippen molar-refractivity contribution in [2.45, 2.75) is 59.8 Å². The number of ether oxygens (including phenoxy) is 2. The first kappa shape index (κ1) is 47.7. The molecule has 352 valence electrons. The molecule has 1 heterocycles. The van der Waals surface area contributed by atoms with Crippen LogP contribution in [0.1, 0.15) is 75.6 Å². The number of hydrogen-bond acceptors (Lipinski definition) is 3. The number of phenolic OH excluding ortho intramolecular Hbond substituents is 1. The van der Waals surface area contributed by atoms with Crippen molar-refractivity contribution in [2.75, 3.05) is 0 Å². The van der Waals surface area contributed by atoms with Crippen LogP contribution in [0.25, 0.3) is 65.3 Å². The third-order valence-corrected chi connectivity index (χ3v) is 13.0. The van der Waals surface area contributed by atoms with E-state index in [-0.39, 0.29) is 0 Å². The maximum Gasteiger partial charge on any atom is 0.127 e. The lowest BCUT2D eigenvalue weighted by Crippen LogP contribution is -1.88. The monoisotopic (exact) mass is 927 g/mol. The van der Waals surface area contributed by atoms with E-state index in [0.717, 1.165) is 34.8 Å². The van der Waals surface area contributed by atoms with E-state index in [0.29, 0.717) is 17.6 Å². The van der Waals surface area contributed by atoms with Crippen LogP contribution in [0.3, 0.4) is 0 Å². The number of H-pyrrole nitrogens is 1. The zero-order valence-corrected chi connectivity index (χ0v) is 41.5.